The number of nitrogens with one attached hydrogen (secondary N) is 1. The lowest BCUT2D eigenvalue weighted by molar-refractivity contribution is 0.773. The van der Waals surface area contributed by atoms with Crippen molar-refractivity contribution in [1.29, 1.82) is 0 Å². The lowest BCUT2D eigenvalue weighted by atomic mass is 9.99. The van der Waals surface area contributed by atoms with Gasteiger partial charge >= 0.3 is 0 Å². The van der Waals surface area contributed by atoms with Crippen LogP contribution >= 0.6 is 0 Å². The van der Waals surface area contributed by atoms with E-state index in [9.17, 15) is 0 Å². The quantitative estimate of drug-likeness (QED) is 0.666. The first-order valence-electron chi connectivity index (χ1n) is 7.43. The zero-order chi connectivity index (χ0) is 14.7. The Morgan fingerprint density at radius 1 is 1.29 bits per heavy atom. The van der Waals surface area contributed by atoms with Gasteiger partial charge in [-0.05, 0) is 18.4 Å². The van der Waals surface area contributed by atoms with Crippen molar-refractivity contribution in [3.8, 4) is 0 Å². The molecule has 110 valence electrons. The molecule has 1 saturated heterocycles. The maximum atomic E-state index is 5.55. The van der Waals surface area contributed by atoms with E-state index in [1.165, 1.54) is 5.56 Å². The molecule has 0 amide bonds. The Bertz CT molecular complexity index is 599. The Labute approximate surface area is 125 Å². The molecule has 5 nitrogen and oxygen atoms in total. The molecular formula is C16H21N5. The minimum absolute atomic E-state index is 0.570. The number of hydrogen-bond acceptors (Lipinski definition) is 5. The van der Waals surface area contributed by atoms with E-state index in [2.05, 4.69) is 57.5 Å². The number of hydrogen-bond donors (Lipinski definition) is 2. The van der Waals surface area contributed by atoms with Crippen LogP contribution in [0.4, 0.5) is 11.6 Å². The largest absolute Gasteiger partial charge is 0.356 e. The van der Waals surface area contributed by atoms with Gasteiger partial charge in [-0.15, -0.1) is 0 Å². The van der Waals surface area contributed by atoms with E-state index in [0.29, 0.717) is 5.92 Å². The number of nitrogens with two attached hydrogens (primary N) is 1. The maximum Gasteiger partial charge on any atom is 0.148 e. The minimum Gasteiger partial charge on any atom is -0.356 e. The van der Waals surface area contributed by atoms with Crippen LogP contribution in [-0.2, 0) is 6.42 Å². The minimum atomic E-state index is 0.570. The summed E-state index contributed by atoms with van der Waals surface area (Å²) < 4.78 is 0. The maximum absolute atomic E-state index is 5.55. The van der Waals surface area contributed by atoms with Gasteiger partial charge in [0.15, 0.2) is 0 Å². The van der Waals surface area contributed by atoms with Gasteiger partial charge in [0.2, 0.25) is 0 Å². The summed E-state index contributed by atoms with van der Waals surface area (Å²) >= 11 is 0. The van der Waals surface area contributed by atoms with Crippen molar-refractivity contribution in [3.63, 3.8) is 0 Å². The van der Waals surface area contributed by atoms with Crippen molar-refractivity contribution in [2.75, 3.05) is 23.4 Å². The SMILES string of the molecule is CCc1c(NN)ncnc1N1CCC(c2ccccc2)C1. The van der Waals surface area contributed by atoms with Gasteiger partial charge in [0, 0.05) is 24.6 Å². The van der Waals surface area contributed by atoms with Crippen molar-refractivity contribution < 1.29 is 0 Å². The van der Waals surface area contributed by atoms with Gasteiger partial charge in [-0.1, -0.05) is 37.3 Å². The van der Waals surface area contributed by atoms with E-state index >= 15 is 0 Å². The number of rotatable bonds is 4. The normalized spacial score (nSPS) is 18.0. The molecule has 1 aromatic heterocycles. The van der Waals surface area contributed by atoms with E-state index in [1.54, 1.807) is 6.33 Å². The summed E-state index contributed by atoms with van der Waals surface area (Å²) in [7, 11) is 0. The fourth-order valence-corrected chi connectivity index (χ4v) is 3.08. The Kier molecular flexibility index (Phi) is 4.01. The van der Waals surface area contributed by atoms with Crippen molar-refractivity contribution in [3.05, 3.63) is 47.8 Å². The highest BCUT2D eigenvalue weighted by Gasteiger charge is 2.26. The zero-order valence-corrected chi connectivity index (χ0v) is 12.3. The van der Waals surface area contributed by atoms with Gasteiger partial charge < -0.3 is 10.3 Å². The summed E-state index contributed by atoms with van der Waals surface area (Å²) in [6, 6.07) is 10.7. The topological polar surface area (TPSA) is 67.1 Å². The predicted octanol–water partition coefficient (Wildman–Crippen LogP) is 2.32. The molecule has 2 heterocycles. The van der Waals surface area contributed by atoms with Crippen molar-refractivity contribution in [2.45, 2.75) is 25.7 Å². The van der Waals surface area contributed by atoms with Gasteiger partial charge in [-0.3, -0.25) is 0 Å². The Morgan fingerprint density at radius 3 is 2.81 bits per heavy atom. The lowest BCUT2D eigenvalue weighted by Crippen LogP contribution is -2.23. The standard InChI is InChI=1S/C16H21N5/c1-2-14-15(20-17)18-11-19-16(14)21-9-8-13(10-21)12-6-4-3-5-7-12/h3-7,11,13H,2,8-10,17H2,1H3,(H,18,19,20). The van der Waals surface area contributed by atoms with Crippen LogP contribution in [0, 0.1) is 0 Å². The van der Waals surface area contributed by atoms with E-state index in [0.717, 1.165) is 43.1 Å². The van der Waals surface area contributed by atoms with Crippen LogP contribution in [0.3, 0.4) is 0 Å². The molecule has 0 radical (unpaired) electrons. The molecule has 1 atom stereocenters. The zero-order valence-electron chi connectivity index (χ0n) is 12.3. The van der Waals surface area contributed by atoms with Crippen LogP contribution in [0.2, 0.25) is 0 Å². The van der Waals surface area contributed by atoms with Crippen molar-refractivity contribution in [2.24, 2.45) is 5.84 Å². The molecule has 0 bridgehead atoms. The molecule has 0 saturated carbocycles. The number of aromatic nitrogens is 2. The monoisotopic (exact) mass is 283 g/mol. The van der Waals surface area contributed by atoms with Gasteiger partial charge in [-0.25, -0.2) is 15.8 Å². The molecular weight excluding hydrogens is 262 g/mol. The fraction of sp³-hybridized carbons (Fsp3) is 0.375. The number of anilines is 2. The van der Waals surface area contributed by atoms with Gasteiger partial charge in [0.1, 0.15) is 18.0 Å². The second-order valence-electron chi connectivity index (χ2n) is 5.36. The summed E-state index contributed by atoms with van der Waals surface area (Å²) in [5.74, 6) is 7.86. The van der Waals surface area contributed by atoms with Crippen LogP contribution in [0.5, 0.6) is 0 Å². The van der Waals surface area contributed by atoms with Gasteiger partial charge in [0.25, 0.3) is 0 Å². The smallest absolute Gasteiger partial charge is 0.148 e. The van der Waals surface area contributed by atoms with Crippen molar-refractivity contribution in [1.82, 2.24) is 9.97 Å². The molecule has 1 aliphatic rings. The molecule has 21 heavy (non-hydrogen) atoms. The molecule has 1 aliphatic heterocycles. The van der Waals surface area contributed by atoms with Crippen LogP contribution < -0.4 is 16.2 Å². The molecule has 1 fully saturated rings. The Hall–Kier alpha value is -2.14. The average molecular weight is 283 g/mol. The predicted molar refractivity (Wildman–Crippen MR) is 85.2 cm³/mol. The van der Waals surface area contributed by atoms with Crippen LogP contribution in [-0.4, -0.2) is 23.1 Å². The first kappa shape index (κ1) is 13.8. The molecule has 3 rings (SSSR count). The first-order chi connectivity index (χ1) is 10.3. The third kappa shape index (κ3) is 2.69. The number of hydrazine groups is 1. The Morgan fingerprint density at radius 2 is 2.10 bits per heavy atom. The molecule has 0 aliphatic carbocycles. The van der Waals surface area contributed by atoms with Crippen LogP contribution in [0.1, 0.15) is 30.4 Å². The molecule has 2 aromatic rings. The first-order valence-corrected chi connectivity index (χ1v) is 7.43. The summed E-state index contributed by atoms with van der Waals surface area (Å²) in [5.41, 5.74) is 5.17. The Balaban J connectivity index is 1.83. The van der Waals surface area contributed by atoms with E-state index < -0.39 is 0 Å². The summed E-state index contributed by atoms with van der Waals surface area (Å²) in [4.78, 5) is 11.0. The molecule has 1 unspecified atom stereocenters. The van der Waals surface area contributed by atoms with Crippen LogP contribution in [0.15, 0.2) is 36.7 Å². The molecule has 3 N–H and O–H groups in total. The highest BCUT2D eigenvalue weighted by Crippen LogP contribution is 2.32. The van der Waals surface area contributed by atoms with E-state index in [4.69, 9.17) is 5.84 Å². The third-order valence-corrected chi connectivity index (χ3v) is 4.17. The second kappa shape index (κ2) is 6.10. The molecule has 1 aromatic carbocycles. The number of benzene rings is 1. The van der Waals surface area contributed by atoms with Gasteiger partial charge in [-0.2, -0.15) is 0 Å². The summed E-state index contributed by atoms with van der Waals surface area (Å²) in [6.07, 6.45) is 3.60. The lowest BCUT2D eigenvalue weighted by Gasteiger charge is -2.21. The third-order valence-electron chi connectivity index (χ3n) is 4.17. The number of nitrogen functional groups attached to an aromatic ring is 1. The molecule has 5 heteroatoms. The summed E-state index contributed by atoms with van der Waals surface area (Å²) in [6.45, 7) is 4.12. The van der Waals surface area contributed by atoms with E-state index in [-0.39, 0.29) is 0 Å². The highest BCUT2D eigenvalue weighted by molar-refractivity contribution is 5.59. The molecule has 0 spiro atoms. The van der Waals surface area contributed by atoms with Gasteiger partial charge in [0.05, 0.1) is 0 Å². The fourth-order valence-electron chi connectivity index (χ4n) is 3.08. The number of nitrogens with zero attached hydrogens (tertiary/aromatic N) is 3. The van der Waals surface area contributed by atoms with E-state index in [1.807, 2.05) is 0 Å². The average Bonchev–Trinajstić information content (AvgIpc) is 3.04. The highest BCUT2D eigenvalue weighted by atomic mass is 15.3. The van der Waals surface area contributed by atoms with Crippen molar-refractivity contribution >= 4 is 11.6 Å². The van der Waals surface area contributed by atoms with Crippen LogP contribution in [0.25, 0.3) is 0 Å². The summed E-state index contributed by atoms with van der Waals surface area (Å²) in [5, 5.41) is 0. The second-order valence-corrected chi connectivity index (χ2v) is 5.36.